The van der Waals surface area contributed by atoms with Crippen LogP contribution in [0.25, 0.3) is 0 Å². The molecule has 0 amide bonds. The van der Waals surface area contributed by atoms with Crippen molar-refractivity contribution >= 4 is 35.1 Å². The fraction of sp³-hybridized carbons (Fsp3) is 0.222. The zero-order chi connectivity index (χ0) is 17.5. The highest BCUT2D eigenvalue weighted by Gasteiger charge is 2.14. The predicted molar refractivity (Wildman–Crippen MR) is 93.1 cm³/mol. The van der Waals surface area contributed by atoms with Gasteiger partial charge in [0.25, 0.3) is 0 Å². The lowest BCUT2D eigenvalue weighted by Crippen LogP contribution is -2.11. The molecule has 2 rings (SSSR count). The van der Waals surface area contributed by atoms with Crippen LogP contribution in [0.4, 0.5) is 0 Å². The molecule has 0 aromatic heterocycles. The maximum absolute atomic E-state index is 12.2. The highest BCUT2D eigenvalue weighted by atomic mass is 35.5. The lowest BCUT2D eigenvalue weighted by Gasteiger charge is -2.07. The van der Waals surface area contributed by atoms with E-state index in [-0.39, 0.29) is 11.3 Å². The van der Waals surface area contributed by atoms with Crippen LogP contribution in [0.15, 0.2) is 42.5 Å². The zero-order valence-electron chi connectivity index (χ0n) is 13.1. The number of esters is 2. The number of ether oxygens (including phenoxy) is 2. The van der Waals surface area contributed by atoms with Crippen molar-refractivity contribution in [2.24, 2.45) is 0 Å². The van der Waals surface area contributed by atoms with E-state index < -0.39 is 11.9 Å². The Morgan fingerprint density at radius 2 is 1.58 bits per heavy atom. The number of rotatable bonds is 6. The van der Waals surface area contributed by atoms with Gasteiger partial charge >= 0.3 is 11.9 Å². The Kier molecular flexibility index (Phi) is 6.64. The smallest absolute Gasteiger partial charge is 0.343 e. The molecule has 0 bridgehead atoms. The van der Waals surface area contributed by atoms with Crippen LogP contribution in [-0.4, -0.2) is 18.5 Å². The van der Waals surface area contributed by atoms with Gasteiger partial charge in [0.15, 0.2) is 0 Å². The van der Waals surface area contributed by atoms with Crippen LogP contribution in [0.3, 0.4) is 0 Å². The van der Waals surface area contributed by atoms with Gasteiger partial charge < -0.3 is 9.47 Å². The van der Waals surface area contributed by atoms with E-state index >= 15 is 0 Å². The number of halogens is 2. The summed E-state index contributed by atoms with van der Waals surface area (Å²) >= 11 is 11.7. The molecule has 6 heteroatoms. The third kappa shape index (κ3) is 5.25. The topological polar surface area (TPSA) is 52.6 Å². The first kappa shape index (κ1) is 18.3. The van der Waals surface area contributed by atoms with Gasteiger partial charge in [-0.1, -0.05) is 42.6 Å². The maximum atomic E-state index is 12.2. The first-order valence-corrected chi connectivity index (χ1v) is 8.20. The highest BCUT2D eigenvalue weighted by Crippen LogP contribution is 2.25. The third-order valence-corrected chi connectivity index (χ3v) is 3.55. The Morgan fingerprint density at radius 1 is 0.958 bits per heavy atom. The van der Waals surface area contributed by atoms with Crippen LogP contribution in [-0.2, 0) is 4.74 Å². The van der Waals surface area contributed by atoms with Gasteiger partial charge in [0, 0.05) is 10.0 Å². The molecule has 0 saturated heterocycles. The summed E-state index contributed by atoms with van der Waals surface area (Å²) in [5, 5.41) is 0.720. The first-order valence-electron chi connectivity index (χ1n) is 7.45. The van der Waals surface area contributed by atoms with Gasteiger partial charge in [-0.05, 0) is 42.8 Å². The molecule has 0 aliphatic carbocycles. The van der Waals surface area contributed by atoms with E-state index in [0.717, 1.165) is 12.8 Å². The summed E-state index contributed by atoms with van der Waals surface area (Å²) in [7, 11) is 0. The quantitative estimate of drug-likeness (QED) is 0.402. The molecule has 0 heterocycles. The molecule has 2 aromatic rings. The van der Waals surface area contributed by atoms with E-state index in [1.165, 1.54) is 24.3 Å². The normalized spacial score (nSPS) is 10.3. The molecular formula is C18H16Cl2O4. The summed E-state index contributed by atoms with van der Waals surface area (Å²) in [5.41, 5.74) is 0.528. The number of hydrogen-bond acceptors (Lipinski definition) is 4. The second kappa shape index (κ2) is 8.71. The van der Waals surface area contributed by atoms with E-state index in [1.54, 1.807) is 18.2 Å². The summed E-state index contributed by atoms with van der Waals surface area (Å²) in [6.45, 7) is 2.36. The van der Waals surface area contributed by atoms with E-state index in [0.29, 0.717) is 22.2 Å². The van der Waals surface area contributed by atoms with E-state index in [1.807, 2.05) is 6.92 Å². The van der Waals surface area contributed by atoms with Crippen LogP contribution in [0.2, 0.25) is 10.0 Å². The minimum Gasteiger partial charge on any atom is -0.462 e. The standard InChI is InChI=1S/C18H16Cl2O4/c1-2-3-7-23-17(21)12-5-4-6-13(8-12)18(22)24-16-10-14(19)9-15(20)11-16/h4-6,8-11H,2-3,7H2,1H3. The number of carbonyl (C=O) groups excluding carboxylic acids is 2. The first-order chi connectivity index (χ1) is 11.5. The minimum atomic E-state index is -0.614. The van der Waals surface area contributed by atoms with Crippen LogP contribution in [0.1, 0.15) is 40.5 Å². The molecular weight excluding hydrogens is 351 g/mol. The second-order valence-corrected chi connectivity index (χ2v) is 5.94. The molecule has 0 aliphatic rings. The molecule has 0 atom stereocenters. The average molecular weight is 367 g/mol. The van der Waals surface area contributed by atoms with Crippen molar-refractivity contribution in [3.8, 4) is 5.75 Å². The summed E-state index contributed by atoms with van der Waals surface area (Å²) in [4.78, 5) is 24.1. The van der Waals surface area contributed by atoms with Gasteiger partial charge in [0.2, 0.25) is 0 Å². The summed E-state index contributed by atoms with van der Waals surface area (Å²) < 4.78 is 10.4. The molecule has 0 spiro atoms. The van der Waals surface area contributed by atoms with Gasteiger partial charge in [-0.3, -0.25) is 0 Å². The maximum Gasteiger partial charge on any atom is 0.343 e. The summed E-state index contributed by atoms with van der Waals surface area (Å²) in [6, 6.07) is 10.7. The molecule has 24 heavy (non-hydrogen) atoms. The third-order valence-electron chi connectivity index (χ3n) is 3.11. The minimum absolute atomic E-state index is 0.230. The Morgan fingerprint density at radius 3 is 2.21 bits per heavy atom. The molecule has 0 saturated carbocycles. The van der Waals surface area contributed by atoms with Gasteiger partial charge in [-0.2, -0.15) is 0 Å². The Labute approximate surface area is 150 Å². The van der Waals surface area contributed by atoms with Crippen molar-refractivity contribution < 1.29 is 19.1 Å². The molecule has 0 unspecified atom stereocenters. The van der Waals surface area contributed by atoms with E-state index in [2.05, 4.69) is 0 Å². The molecule has 0 radical (unpaired) electrons. The van der Waals surface area contributed by atoms with Crippen LogP contribution >= 0.6 is 23.2 Å². The SMILES string of the molecule is CCCCOC(=O)c1cccc(C(=O)Oc2cc(Cl)cc(Cl)c2)c1. The fourth-order valence-electron chi connectivity index (χ4n) is 1.92. The van der Waals surface area contributed by atoms with Gasteiger partial charge in [0.05, 0.1) is 17.7 Å². The largest absolute Gasteiger partial charge is 0.462 e. The van der Waals surface area contributed by atoms with Gasteiger partial charge in [0.1, 0.15) is 5.75 Å². The van der Waals surface area contributed by atoms with Crippen LogP contribution in [0.5, 0.6) is 5.75 Å². The van der Waals surface area contributed by atoms with Crippen LogP contribution in [0, 0.1) is 0 Å². The molecule has 0 aliphatic heterocycles. The lowest BCUT2D eigenvalue weighted by atomic mass is 10.1. The van der Waals surface area contributed by atoms with Gasteiger partial charge in [-0.15, -0.1) is 0 Å². The Balaban J connectivity index is 2.09. The van der Waals surface area contributed by atoms with E-state index in [4.69, 9.17) is 32.7 Å². The average Bonchev–Trinajstić information content (AvgIpc) is 2.54. The number of benzene rings is 2. The van der Waals surface area contributed by atoms with Crippen molar-refractivity contribution in [3.63, 3.8) is 0 Å². The van der Waals surface area contributed by atoms with Crippen molar-refractivity contribution in [1.29, 1.82) is 0 Å². The number of carbonyl (C=O) groups is 2. The van der Waals surface area contributed by atoms with Crippen molar-refractivity contribution in [2.75, 3.05) is 6.61 Å². The summed E-state index contributed by atoms with van der Waals surface area (Å²) in [6.07, 6.45) is 1.73. The monoisotopic (exact) mass is 366 g/mol. The molecule has 0 N–H and O–H groups in total. The summed E-state index contributed by atoms with van der Waals surface area (Å²) in [5.74, 6) is -0.853. The van der Waals surface area contributed by atoms with Gasteiger partial charge in [-0.25, -0.2) is 9.59 Å². The second-order valence-electron chi connectivity index (χ2n) is 5.06. The molecule has 0 fully saturated rings. The zero-order valence-corrected chi connectivity index (χ0v) is 14.6. The van der Waals surface area contributed by atoms with Crippen molar-refractivity contribution in [3.05, 3.63) is 63.6 Å². The lowest BCUT2D eigenvalue weighted by molar-refractivity contribution is 0.0499. The van der Waals surface area contributed by atoms with Crippen LogP contribution < -0.4 is 4.74 Å². The molecule has 4 nitrogen and oxygen atoms in total. The number of unbranched alkanes of at least 4 members (excludes halogenated alkanes) is 1. The van der Waals surface area contributed by atoms with Crippen molar-refractivity contribution in [2.45, 2.75) is 19.8 Å². The predicted octanol–water partition coefficient (Wildman–Crippen LogP) is 5.17. The molecule has 2 aromatic carbocycles. The van der Waals surface area contributed by atoms with Crippen molar-refractivity contribution in [1.82, 2.24) is 0 Å². The van der Waals surface area contributed by atoms with E-state index in [9.17, 15) is 9.59 Å². The fourth-order valence-corrected chi connectivity index (χ4v) is 2.43. The highest BCUT2D eigenvalue weighted by molar-refractivity contribution is 6.34. The molecule has 126 valence electrons. The Bertz CT molecular complexity index is 723. The number of hydrogen-bond donors (Lipinski definition) is 0. The Hall–Kier alpha value is -2.04.